The fourth-order valence-corrected chi connectivity index (χ4v) is 7.12. The van der Waals surface area contributed by atoms with Gasteiger partial charge in [-0.1, -0.05) is 36.4 Å². The lowest BCUT2D eigenvalue weighted by atomic mass is 9.86. The lowest BCUT2D eigenvalue weighted by molar-refractivity contribution is -0.136. The van der Waals surface area contributed by atoms with Gasteiger partial charge in [-0.25, -0.2) is 13.8 Å². The summed E-state index contributed by atoms with van der Waals surface area (Å²) in [6.45, 7) is 0.999. The van der Waals surface area contributed by atoms with Gasteiger partial charge < -0.3 is 19.7 Å². The largest absolute Gasteiger partial charge is 0.495 e. The van der Waals surface area contributed by atoms with Crippen LogP contribution in [0.4, 0.5) is 8.78 Å². The van der Waals surface area contributed by atoms with Gasteiger partial charge in [0.1, 0.15) is 23.2 Å². The Morgan fingerprint density at radius 1 is 1.00 bits per heavy atom. The van der Waals surface area contributed by atoms with Crippen LogP contribution in [0.5, 0.6) is 11.5 Å². The number of unbranched alkanes of at least 4 members (excludes halogenated alkanes) is 1. The van der Waals surface area contributed by atoms with Gasteiger partial charge in [-0.15, -0.1) is 0 Å². The minimum absolute atomic E-state index is 0.0238. The SMILES string of the molecule is COc1cnc(C(=O)NCc2cccc(CC(=O)N(C)CCCCOc3ccc4c(c3)C(=O)N(C3CCC(=O)NC3=O)C4=O)c2)cc1/C=C/C1CCC(F)(F)CC1. The van der Waals surface area contributed by atoms with Crippen LogP contribution in [-0.4, -0.2) is 89.5 Å². The summed E-state index contributed by atoms with van der Waals surface area (Å²) >= 11 is 0. The number of hydrogen-bond donors (Lipinski definition) is 2. The molecule has 1 aromatic heterocycles. The highest BCUT2D eigenvalue weighted by atomic mass is 19.3. The maximum Gasteiger partial charge on any atom is 0.270 e. The summed E-state index contributed by atoms with van der Waals surface area (Å²) in [6, 6.07) is 12.5. The number of nitrogens with one attached hydrogen (secondary N) is 2. The van der Waals surface area contributed by atoms with Crippen LogP contribution in [0.3, 0.4) is 0 Å². The first kappa shape index (κ1) is 40.7. The molecule has 1 saturated heterocycles. The summed E-state index contributed by atoms with van der Waals surface area (Å²) in [5.41, 5.74) is 2.72. The zero-order valence-corrected chi connectivity index (χ0v) is 31.9. The number of allylic oxidation sites excluding steroid dienone is 1. The number of benzene rings is 2. The number of carbonyl (C=O) groups excluding carboxylic acids is 6. The Morgan fingerprint density at radius 3 is 2.51 bits per heavy atom. The standard InChI is InChI=1S/C42H45F2N5O8/c1-48(18-3-4-19-57-30-10-11-31-32(23-30)41(55)49(40(31)54)34-12-13-36(50)47-39(34)53)37(51)21-27-6-5-7-28(20-27)24-46-38(52)33-22-29(35(56-2)25-45-33)9-8-26-14-16-42(43,44)17-15-26/h5-11,20,22-23,25-26,34H,3-4,12-19,21,24H2,1-2H3,(H,46,52)(H,47,50,53)/b9-8+. The Labute approximate surface area is 328 Å². The maximum absolute atomic E-state index is 13.6. The van der Waals surface area contributed by atoms with E-state index in [-0.39, 0.29) is 67.3 Å². The van der Waals surface area contributed by atoms with Crippen molar-refractivity contribution in [1.82, 2.24) is 25.4 Å². The zero-order chi connectivity index (χ0) is 40.7. The monoisotopic (exact) mass is 785 g/mol. The third-order valence-corrected chi connectivity index (χ3v) is 10.5. The lowest BCUT2D eigenvalue weighted by Crippen LogP contribution is -2.54. The molecule has 2 aliphatic heterocycles. The molecule has 0 radical (unpaired) electrons. The third kappa shape index (κ3) is 10.1. The Kier molecular flexibility index (Phi) is 12.7. The van der Waals surface area contributed by atoms with Crippen LogP contribution >= 0.6 is 0 Å². The first-order valence-electron chi connectivity index (χ1n) is 19.0. The number of piperidine rings is 1. The molecule has 13 nitrogen and oxygen atoms in total. The molecule has 0 spiro atoms. The van der Waals surface area contributed by atoms with Crippen LogP contribution in [0.2, 0.25) is 0 Å². The van der Waals surface area contributed by atoms with Gasteiger partial charge in [0.2, 0.25) is 23.6 Å². The first-order chi connectivity index (χ1) is 27.3. The predicted octanol–water partition coefficient (Wildman–Crippen LogP) is 5.12. The van der Waals surface area contributed by atoms with E-state index in [2.05, 4.69) is 15.6 Å². The number of imide groups is 2. The van der Waals surface area contributed by atoms with Gasteiger partial charge in [-0.2, -0.15) is 0 Å². The van der Waals surface area contributed by atoms with Crippen molar-refractivity contribution < 1.29 is 47.0 Å². The molecule has 3 aliphatic rings. The van der Waals surface area contributed by atoms with E-state index >= 15 is 0 Å². The molecule has 300 valence electrons. The number of nitrogens with zero attached hydrogens (tertiary/aromatic N) is 3. The van der Waals surface area contributed by atoms with Crippen molar-refractivity contribution in [2.75, 3.05) is 27.3 Å². The molecular formula is C42H45F2N5O8. The van der Waals surface area contributed by atoms with Gasteiger partial charge >= 0.3 is 0 Å². The number of alkyl halides is 2. The second-order valence-corrected chi connectivity index (χ2v) is 14.6. The normalized spacial score (nSPS) is 18.0. The van der Waals surface area contributed by atoms with E-state index in [1.165, 1.54) is 25.4 Å². The Hall–Kier alpha value is -5.99. The Bertz CT molecular complexity index is 2080. The van der Waals surface area contributed by atoms with Crippen LogP contribution in [0.25, 0.3) is 6.08 Å². The van der Waals surface area contributed by atoms with E-state index in [4.69, 9.17) is 9.47 Å². The number of methoxy groups -OCH3 is 1. The predicted molar refractivity (Wildman–Crippen MR) is 204 cm³/mol. The lowest BCUT2D eigenvalue weighted by Gasteiger charge is -2.27. The second kappa shape index (κ2) is 17.9. The van der Waals surface area contributed by atoms with Gasteiger partial charge in [0.15, 0.2) is 0 Å². The molecule has 2 aromatic carbocycles. The molecule has 57 heavy (non-hydrogen) atoms. The summed E-state index contributed by atoms with van der Waals surface area (Å²) < 4.78 is 38.3. The molecule has 1 saturated carbocycles. The highest BCUT2D eigenvalue weighted by Gasteiger charge is 2.44. The number of carbonyl (C=O) groups is 6. The summed E-state index contributed by atoms with van der Waals surface area (Å²) in [6.07, 6.45) is 7.21. The number of pyridine rings is 1. The topological polar surface area (TPSA) is 164 Å². The molecule has 3 heterocycles. The third-order valence-electron chi connectivity index (χ3n) is 10.5. The molecule has 1 atom stereocenters. The van der Waals surface area contributed by atoms with Crippen molar-refractivity contribution in [3.63, 3.8) is 0 Å². The number of hydrogen-bond acceptors (Lipinski definition) is 9. The van der Waals surface area contributed by atoms with Crippen molar-refractivity contribution >= 4 is 41.5 Å². The minimum Gasteiger partial charge on any atom is -0.495 e. The average molecular weight is 786 g/mol. The summed E-state index contributed by atoms with van der Waals surface area (Å²) in [5.74, 6) is -4.49. The number of amides is 6. The van der Waals surface area contributed by atoms with Crippen LogP contribution in [0, 0.1) is 5.92 Å². The number of ether oxygens (including phenoxy) is 2. The molecule has 1 unspecified atom stereocenters. The summed E-state index contributed by atoms with van der Waals surface area (Å²) in [7, 11) is 3.22. The highest BCUT2D eigenvalue weighted by molar-refractivity contribution is 6.23. The van der Waals surface area contributed by atoms with E-state index in [0.29, 0.717) is 55.9 Å². The second-order valence-electron chi connectivity index (χ2n) is 14.6. The quantitative estimate of drug-likeness (QED) is 0.157. The van der Waals surface area contributed by atoms with E-state index in [1.54, 1.807) is 30.2 Å². The van der Waals surface area contributed by atoms with E-state index in [1.807, 2.05) is 30.3 Å². The molecule has 15 heteroatoms. The number of fused-ring (bicyclic) bond motifs is 1. The van der Waals surface area contributed by atoms with E-state index in [9.17, 15) is 37.5 Å². The zero-order valence-electron chi connectivity index (χ0n) is 31.9. The fourth-order valence-electron chi connectivity index (χ4n) is 7.12. The van der Waals surface area contributed by atoms with Gasteiger partial charge in [-0.3, -0.25) is 39.0 Å². The molecule has 3 aromatic rings. The fraction of sp³-hybridized carbons (Fsp3) is 0.405. The molecule has 6 rings (SSSR count). The number of aromatic nitrogens is 1. The molecule has 2 N–H and O–H groups in total. The maximum atomic E-state index is 13.6. The van der Waals surface area contributed by atoms with Crippen molar-refractivity contribution in [2.45, 2.75) is 76.3 Å². The van der Waals surface area contributed by atoms with Crippen molar-refractivity contribution in [2.24, 2.45) is 5.92 Å². The van der Waals surface area contributed by atoms with Crippen LogP contribution in [0.1, 0.15) is 99.3 Å². The number of likely N-dealkylation sites (N-methyl/N-ethyl adjacent to an activating group) is 1. The molecular weight excluding hydrogens is 740 g/mol. The number of halogens is 2. The van der Waals surface area contributed by atoms with Crippen molar-refractivity contribution in [3.8, 4) is 11.5 Å². The van der Waals surface area contributed by atoms with Crippen molar-refractivity contribution in [1.29, 1.82) is 0 Å². The van der Waals surface area contributed by atoms with Gasteiger partial charge in [-0.05, 0) is 73.4 Å². The minimum atomic E-state index is -2.60. The highest BCUT2D eigenvalue weighted by Crippen LogP contribution is 2.37. The van der Waals surface area contributed by atoms with Gasteiger partial charge in [0.05, 0.1) is 37.5 Å². The first-order valence-corrected chi connectivity index (χ1v) is 19.0. The van der Waals surface area contributed by atoms with E-state index < -0.39 is 41.5 Å². The van der Waals surface area contributed by atoms with Crippen molar-refractivity contribution in [3.05, 3.63) is 94.3 Å². The van der Waals surface area contributed by atoms with Gasteiger partial charge in [0, 0.05) is 45.0 Å². The molecule has 0 bridgehead atoms. The van der Waals surface area contributed by atoms with Gasteiger partial charge in [0.25, 0.3) is 17.7 Å². The van der Waals surface area contributed by atoms with Crippen LogP contribution in [-0.2, 0) is 27.3 Å². The molecule has 1 aliphatic carbocycles. The smallest absolute Gasteiger partial charge is 0.270 e. The van der Waals surface area contributed by atoms with Crippen LogP contribution < -0.4 is 20.1 Å². The average Bonchev–Trinajstić information content (AvgIpc) is 3.44. The summed E-state index contributed by atoms with van der Waals surface area (Å²) in [5, 5.41) is 5.05. The Morgan fingerprint density at radius 2 is 1.75 bits per heavy atom. The Balaban J connectivity index is 0.928. The number of rotatable bonds is 15. The molecule has 2 fully saturated rings. The van der Waals surface area contributed by atoms with E-state index in [0.717, 1.165) is 16.0 Å². The molecule has 6 amide bonds. The summed E-state index contributed by atoms with van der Waals surface area (Å²) in [4.78, 5) is 82.7. The van der Waals surface area contributed by atoms with Crippen LogP contribution in [0.15, 0.2) is 60.8 Å².